The highest BCUT2D eigenvalue weighted by atomic mass is 35.5. The maximum atomic E-state index is 11.8. The first kappa shape index (κ1) is 20.8. The van der Waals surface area contributed by atoms with Gasteiger partial charge in [-0.3, -0.25) is 9.59 Å². The third-order valence-corrected chi connectivity index (χ3v) is 3.61. The predicted octanol–water partition coefficient (Wildman–Crippen LogP) is 3.66. The van der Waals surface area contributed by atoms with Crippen LogP contribution in [0.3, 0.4) is 0 Å². The molecule has 2 N–H and O–H groups in total. The van der Waals surface area contributed by atoms with Crippen LogP contribution in [0.5, 0.6) is 0 Å². The zero-order valence-corrected chi connectivity index (χ0v) is 14.8. The highest BCUT2D eigenvalue weighted by Crippen LogP contribution is 2.21. The summed E-state index contributed by atoms with van der Waals surface area (Å²) in [5.74, 6) is -1.41. The van der Waals surface area contributed by atoms with Crippen LogP contribution < -0.4 is 5.32 Å². The maximum absolute atomic E-state index is 11.8. The molecule has 0 radical (unpaired) electrons. The summed E-state index contributed by atoms with van der Waals surface area (Å²) in [6.07, 6.45) is 1.10. The number of aliphatic carboxylic acids is 1. The average molecular weight is 372 g/mol. The number of hydrogen-bond donors (Lipinski definition) is 2. The van der Waals surface area contributed by atoms with Crippen LogP contribution in [0.25, 0.3) is 0 Å². The number of nitrogens with one attached hydrogen (secondary N) is 1. The van der Waals surface area contributed by atoms with Crippen molar-refractivity contribution in [3.05, 3.63) is 34.9 Å². The Bertz CT molecular complexity index is 575. The Hall–Kier alpha value is -2.28. The first-order chi connectivity index (χ1) is 11.9. The molecule has 0 heterocycles. The Morgan fingerprint density at radius 1 is 1.16 bits per heavy atom. The van der Waals surface area contributed by atoms with Gasteiger partial charge < -0.3 is 19.9 Å². The Balaban J connectivity index is 2.52. The van der Waals surface area contributed by atoms with Gasteiger partial charge in [0.05, 0.1) is 6.04 Å². The molecule has 1 aromatic rings. The first-order valence-electron chi connectivity index (χ1n) is 7.98. The third-order valence-electron chi connectivity index (χ3n) is 3.36. The minimum absolute atomic E-state index is 0.125. The second-order valence-corrected chi connectivity index (χ2v) is 5.79. The summed E-state index contributed by atoms with van der Waals surface area (Å²) in [5.41, 5.74) is 0.697. The molecule has 138 valence electrons. The molecule has 0 aliphatic heterocycles. The molecule has 1 amide bonds. The number of esters is 1. The smallest absolute Gasteiger partial charge is 0.410 e. The van der Waals surface area contributed by atoms with Crippen molar-refractivity contribution in [2.45, 2.75) is 45.1 Å². The van der Waals surface area contributed by atoms with E-state index in [0.717, 1.165) is 6.42 Å². The number of halogens is 1. The number of carboxylic acid groups (broad SMARTS) is 1. The summed E-state index contributed by atoms with van der Waals surface area (Å²) in [6, 6.07) is 6.12. The van der Waals surface area contributed by atoms with E-state index in [1.807, 2.05) is 6.92 Å². The Morgan fingerprint density at radius 3 is 2.44 bits per heavy atom. The second kappa shape index (κ2) is 11.3. The summed E-state index contributed by atoms with van der Waals surface area (Å²) >= 11 is 5.83. The van der Waals surface area contributed by atoms with E-state index in [1.165, 1.54) is 0 Å². The lowest BCUT2D eigenvalue weighted by atomic mass is 10.0. The van der Waals surface area contributed by atoms with Crippen LogP contribution in [0, 0.1) is 0 Å². The molecule has 0 aromatic heterocycles. The van der Waals surface area contributed by atoms with Gasteiger partial charge in [0, 0.05) is 17.9 Å². The van der Waals surface area contributed by atoms with E-state index in [0.29, 0.717) is 17.0 Å². The van der Waals surface area contributed by atoms with Gasteiger partial charge in [-0.15, -0.1) is 0 Å². The number of benzene rings is 1. The van der Waals surface area contributed by atoms with Gasteiger partial charge >= 0.3 is 18.0 Å². The topological polar surface area (TPSA) is 102 Å². The van der Waals surface area contributed by atoms with Gasteiger partial charge in [-0.2, -0.15) is 0 Å². The lowest BCUT2D eigenvalue weighted by molar-refractivity contribution is -0.152. The van der Waals surface area contributed by atoms with Crippen molar-refractivity contribution in [1.82, 2.24) is 5.32 Å². The minimum Gasteiger partial charge on any atom is -0.481 e. The largest absolute Gasteiger partial charge is 0.481 e. The van der Waals surface area contributed by atoms with E-state index in [9.17, 15) is 14.4 Å². The summed E-state index contributed by atoms with van der Waals surface area (Å²) in [6.45, 7) is 1.46. The van der Waals surface area contributed by atoms with Crippen molar-refractivity contribution in [3.63, 3.8) is 0 Å². The number of hydrogen-bond acceptors (Lipinski definition) is 5. The van der Waals surface area contributed by atoms with Gasteiger partial charge in [0.15, 0.2) is 0 Å². The third kappa shape index (κ3) is 8.95. The molecule has 0 fully saturated rings. The van der Waals surface area contributed by atoms with Gasteiger partial charge in [-0.05, 0) is 30.5 Å². The van der Waals surface area contributed by atoms with Crippen LogP contribution in [0.2, 0.25) is 5.02 Å². The fourth-order valence-corrected chi connectivity index (χ4v) is 2.14. The number of carbonyl (C=O) groups is 3. The molecule has 1 atom stereocenters. The molecule has 0 saturated heterocycles. The number of rotatable bonds is 10. The highest BCUT2D eigenvalue weighted by Gasteiger charge is 2.17. The van der Waals surface area contributed by atoms with Gasteiger partial charge in [-0.1, -0.05) is 37.1 Å². The molecule has 0 bridgehead atoms. The van der Waals surface area contributed by atoms with E-state index in [2.05, 4.69) is 5.32 Å². The lowest BCUT2D eigenvalue weighted by Crippen LogP contribution is -2.30. The van der Waals surface area contributed by atoms with Gasteiger partial charge in [0.2, 0.25) is 6.79 Å². The van der Waals surface area contributed by atoms with Crippen molar-refractivity contribution in [3.8, 4) is 0 Å². The molecule has 25 heavy (non-hydrogen) atoms. The van der Waals surface area contributed by atoms with Crippen LogP contribution in [-0.4, -0.2) is 29.9 Å². The zero-order valence-electron chi connectivity index (χ0n) is 14.0. The fraction of sp³-hybridized carbons (Fsp3) is 0.471. The normalized spacial score (nSPS) is 11.4. The number of amides is 1. The van der Waals surface area contributed by atoms with Crippen LogP contribution in [-0.2, 0) is 19.1 Å². The van der Waals surface area contributed by atoms with Gasteiger partial charge in [0.25, 0.3) is 0 Å². The van der Waals surface area contributed by atoms with Gasteiger partial charge in [-0.25, -0.2) is 4.79 Å². The van der Waals surface area contributed by atoms with E-state index in [1.54, 1.807) is 24.3 Å². The van der Waals surface area contributed by atoms with Crippen LogP contribution in [0.15, 0.2) is 24.3 Å². The standard InChI is InChI=1S/C17H22ClNO6/c1-2-3-4-16(22)24-11-25-17(23)19-14(9-10-15(20)21)12-5-7-13(18)8-6-12/h5-8,14H,2-4,9-11H2,1H3,(H,19,23)(H,20,21). The number of ether oxygens (including phenoxy) is 2. The van der Waals surface area contributed by atoms with Crippen LogP contribution >= 0.6 is 11.6 Å². The monoisotopic (exact) mass is 371 g/mol. The SMILES string of the molecule is CCCCC(=O)OCOC(=O)NC(CCC(=O)O)c1ccc(Cl)cc1. The highest BCUT2D eigenvalue weighted by molar-refractivity contribution is 6.30. The van der Waals surface area contributed by atoms with E-state index in [4.69, 9.17) is 26.2 Å². The number of unbranched alkanes of at least 4 members (excludes halogenated alkanes) is 1. The van der Waals surface area contributed by atoms with E-state index >= 15 is 0 Å². The molecule has 7 nitrogen and oxygen atoms in total. The van der Waals surface area contributed by atoms with Crippen LogP contribution in [0.1, 0.15) is 50.6 Å². The number of alkyl carbamates (subject to hydrolysis) is 1. The Labute approximate surface area is 151 Å². The first-order valence-corrected chi connectivity index (χ1v) is 8.36. The fourth-order valence-electron chi connectivity index (χ4n) is 2.01. The molecule has 0 aliphatic carbocycles. The minimum atomic E-state index is -0.973. The molecule has 1 unspecified atom stereocenters. The second-order valence-electron chi connectivity index (χ2n) is 5.35. The molecular formula is C17H22ClNO6. The van der Waals surface area contributed by atoms with Crippen molar-refractivity contribution in [1.29, 1.82) is 0 Å². The molecule has 0 saturated carbocycles. The van der Waals surface area contributed by atoms with Crippen molar-refractivity contribution in [2.75, 3.05) is 6.79 Å². The Morgan fingerprint density at radius 2 is 1.84 bits per heavy atom. The average Bonchev–Trinajstić information content (AvgIpc) is 2.57. The zero-order chi connectivity index (χ0) is 18.7. The molecule has 1 rings (SSSR count). The number of carboxylic acids is 1. The summed E-state index contributed by atoms with van der Waals surface area (Å²) in [5, 5.41) is 11.9. The summed E-state index contributed by atoms with van der Waals surface area (Å²) in [7, 11) is 0. The van der Waals surface area contributed by atoms with Gasteiger partial charge in [0.1, 0.15) is 0 Å². The molecule has 0 aliphatic rings. The predicted molar refractivity (Wildman–Crippen MR) is 91.2 cm³/mol. The van der Waals surface area contributed by atoms with Crippen molar-refractivity contribution >= 4 is 29.6 Å². The maximum Gasteiger partial charge on any atom is 0.410 e. The quantitative estimate of drug-likeness (QED) is 0.480. The van der Waals surface area contributed by atoms with Crippen molar-refractivity contribution in [2.24, 2.45) is 0 Å². The molecular weight excluding hydrogens is 350 g/mol. The molecule has 1 aromatic carbocycles. The molecule has 8 heteroatoms. The molecule has 0 spiro atoms. The summed E-state index contributed by atoms with van der Waals surface area (Å²) in [4.78, 5) is 33.9. The Kier molecular flexibility index (Phi) is 9.39. The van der Waals surface area contributed by atoms with E-state index in [-0.39, 0.29) is 19.3 Å². The summed E-state index contributed by atoms with van der Waals surface area (Å²) < 4.78 is 9.59. The van der Waals surface area contributed by atoms with E-state index < -0.39 is 30.9 Å². The van der Waals surface area contributed by atoms with Crippen molar-refractivity contribution < 1.29 is 29.0 Å². The number of carbonyl (C=O) groups excluding carboxylic acids is 2. The van der Waals surface area contributed by atoms with Crippen LogP contribution in [0.4, 0.5) is 4.79 Å². The lowest BCUT2D eigenvalue weighted by Gasteiger charge is -2.18.